The Kier molecular flexibility index (Phi) is 22.2. The summed E-state index contributed by atoms with van der Waals surface area (Å²) in [5, 5.41) is 14.0. The zero-order valence-electron chi connectivity index (χ0n) is 56.8. The largest absolute Gasteiger partial charge is 0.512 e. The van der Waals surface area contributed by atoms with E-state index in [-0.39, 0.29) is 69.0 Å². The number of amides is 2. The third-order valence-corrected chi connectivity index (χ3v) is 17.2. The van der Waals surface area contributed by atoms with Crippen molar-refractivity contribution in [3.63, 3.8) is 0 Å². The molecule has 0 aliphatic carbocycles. The highest BCUT2D eigenvalue weighted by atomic mass is 79.9. The van der Waals surface area contributed by atoms with Gasteiger partial charge in [-0.25, -0.2) is 28.7 Å². The molecule has 14 rings (SSSR count). The third-order valence-electron chi connectivity index (χ3n) is 15.7. The molecule has 3 aliphatic rings. The van der Waals surface area contributed by atoms with Crippen LogP contribution in [0.2, 0.25) is 5.28 Å². The number of carbonyl (C=O) groups is 2. The number of benzene rings is 3. The molecule has 0 atom stereocenters. The fraction of sp³-hybridized carbons (Fsp3) is 0.319. The first-order valence-electron chi connectivity index (χ1n) is 31.7. The van der Waals surface area contributed by atoms with Gasteiger partial charge in [0.2, 0.25) is 17.2 Å². The van der Waals surface area contributed by atoms with E-state index >= 15 is 0 Å². The quantitative estimate of drug-likeness (QED) is 0.0576. The van der Waals surface area contributed by atoms with Gasteiger partial charge < -0.3 is 46.3 Å². The lowest BCUT2D eigenvalue weighted by atomic mass is 9.85. The second-order valence-corrected chi connectivity index (χ2v) is 29.7. The smallest absolute Gasteiger partial charge is 0.398 e. The Labute approximate surface area is 596 Å². The molecule has 516 valence electrons. The van der Waals surface area contributed by atoms with Crippen LogP contribution in [0.4, 0.5) is 11.9 Å². The Morgan fingerprint density at radius 1 is 0.535 bits per heavy atom. The Morgan fingerprint density at radius 3 is 1.35 bits per heavy atom. The summed E-state index contributed by atoms with van der Waals surface area (Å²) in [4.78, 5) is 95.9. The third kappa shape index (κ3) is 17.1. The number of halogens is 3. The monoisotopic (exact) mass is 1490 g/mol. The number of para-hydroxylation sites is 3. The minimum Gasteiger partial charge on any atom is -0.398 e. The molecule has 2 amide bonds. The summed E-state index contributed by atoms with van der Waals surface area (Å²) in [6.45, 7) is 27.4. The molecule has 23 nitrogen and oxygen atoms in total. The number of nitrogens with zero attached hydrogens (tertiary/aromatic N) is 9. The van der Waals surface area contributed by atoms with Gasteiger partial charge >= 0.3 is 7.12 Å². The zero-order chi connectivity index (χ0) is 70.8. The van der Waals surface area contributed by atoms with Crippen LogP contribution in [0, 0.1) is 0 Å². The number of aromatic nitrogens is 11. The van der Waals surface area contributed by atoms with Crippen molar-refractivity contribution >= 4 is 113 Å². The molecular weight excluding hydrogens is 1410 g/mol. The average Bonchev–Trinajstić information content (AvgIpc) is 1.61. The molecule has 1 saturated heterocycles. The number of rotatable bonds is 7. The van der Waals surface area contributed by atoms with Gasteiger partial charge in [-0.2, -0.15) is 0 Å². The van der Waals surface area contributed by atoms with Crippen LogP contribution in [0.25, 0.3) is 61.0 Å². The van der Waals surface area contributed by atoms with E-state index in [0.717, 1.165) is 50.0 Å². The van der Waals surface area contributed by atoms with Crippen molar-refractivity contribution in [1.82, 2.24) is 64.2 Å². The number of anilines is 2. The summed E-state index contributed by atoms with van der Waals surface area (Å²) >= 11 is 13.0. The van der Waals surface area contributed by atoms with Crippen molar-refractivity contribution in [1.29, 1.82) is 0 Å². The van der Waals surface area contributed by atoms with Gasteiger partial charge in [0, 0.05) is 98.3 Å². The normalized spacial score (nSPS) is 14.5. The van der Waals surface area contributed by atoms with Crippen LogP contribution in [0.3, 0.4) is 0 Å². The SMILES string of the molecule is C.CC(C)(C)N.CC(C)(C)Nc1nc2c(-c3cc4c([nH]3)CCNC4=O)cccc2c(=O)n1-c1cccnc1.CC(C)(C)Nc1nc2c(Br)cccc2c(=O)n1-c1cccnc1.CC1(C)OB(c2cc3c([nH]2)CCNC3=O)OC1(C)C.O=c1c2cccc(Br)c2nc(Cl)n1-c1cccnc1. The van der Waals surface area contributed by atoms with Crippen LogP contribution < -0.4 is 49.3 Å². The second kappa shape index (κ2) is 29.7. The highest BCUT2D eigenvalue weighted by Crippen LogP contribution is 2.37. The van der Waals surface area contributed by atoms with Crippen molar-refractivity contribution in [3.05, 3.63) is 208 Å². The topological polar surface area (TPSA) is 302 Å². The Bertz CT molecular complexity index is 4940. The number of fused-ring (bicyclic) bond motifs is 5. The van der Waals surface area contributed by atoms with E-state index in [2.05, 4.69) is 88.0 Å². The first kappa shape index (κ1) is 74.1. The summed E-state index contributed by atoms with van der Waals surface area (Å²) in [5.41, 5.74) is 12.8. The number of carbonyl (C=O) groups excluding carboxylic acids is 2. The lowest BCUT2D eigenvalue weighted by Crippen LogP contribution is -2.41. The van der Waals surface area contributed by atoms with Gasteiger partial charge in [0.15, 0.2) is 0 Å². The Hall–Kier alpha value is -9.18. The molecule has 8 N–H and O–H groups in total. The molecule has 0 spiro atoms. The fourth-order valence-corrected chi connectivity index (χ4v) is 11.8. The van der Waals surface area contributed by atoms with Crippen LogP contribution in [-0.4, -0.2) is 113 Å². The fourth-order valence-electron chi connectivity index (χ4n) is 10.6. The second-order valence-electron chi connectivity index (χ2n) is 27.7. The summed E-state index contributed by atoms with van der Waals surface area (Å²) in [7, 11) is -0.441. The summed E-state index contributed by atoms with van der Waals surface area (Å²) in [5.74, 6) is 0.815. The van der Waals surface area contributed by atoms with E-state index in [4.69, 9.17) is 31.6 Å². The van der Waals surface area contributed by atoms with E-state index in [9.17, 15) is 24.0 Å². The lowest BCUT2D eigenvalue weighted by Gasteiger charge is -2.32. The van der Waals surface area contributed by atoms with Crippen LogP contribution in [-0.2, 0) is 22.2 Å². The molecular formula is C72H82BBr2ClN16O7. The standard InChI is InChI=1S/C24H24N6O2.C17H17BrN4O.C13H19BN2O3.C13H7BrClN3O.C4H11N.CH4/c1-24(2,3)29-23-28-20-15(19-12-17-18(27-19)9-11-26-21(17)31)7-4-8-16(20)22(32)30(23)14-6-5-10-25-13-14;1-17(2,3)21-16-20-14-12(7-4-8-13(14)18)15(23)22(16)11-6-5-9-19-10-11;1-12(2)13(3,4)19-14(18-12)10-7-8-9(16-10)5-6-15-11(8)17;14-10-5-1-4-9-11(10)17-13(15)18(12(9)19)8-3-2-6-16-7-8;1-4(2,3)5;/h4-8,10,12-13,27H,9,11H2,1-3H3,(H,26,31)(H,28,29);4-10H,1-3H3,(H,20,21);7,16H,5-6H2,1-4H3,(H,15,17);1-7H;5H2,1-3H3;1H4. The van der Waals surface area contributed by atoms with Crippen molar-refractivity contribution in [3.8, 4) is 28.3 Å². The number of hydrogen-bond donors (Lipinski definition) is 7. The Morgan fingerprint density at radius 2 is 0.929 bits per heavy atom. The van der Waals surface area contributed by atoms with E-state index in [1.54, 1.807) is 94.8 Å². The predicted molar refractivity (Wildman–Crippen MR) is 402 cm³/mol. The van der Waals surface area contributed by atoms with Gasteiger partial charge in [0.25, 0.3) is 28.5 Å². The number of nitrogens with two attached hydrogens (primary N) is 1. The maximum Gasteiger partial charge on any atom is 0.512 e. The van der Waals surface area contributed by atoms with Gasteiger partial charge in [-0.15, -0.1) is 0 Å². The van der Waals surface area contributed by atoms with Crippen LogP contribution in [0.1, 0.15) is 130 Å². The van der Waals surface area contributed by atoms with E-state index < -0.39 is 7.12 Å². The molecule has 3 aromatic carbocycles. The number of nitrogens with one attached hydrogen (secondary N) is 6. The predicted octanol–water partition coefficient (Wildman–Crippen LogP) is 12.2. The van der Waals surface area contributed by atoms with Crippen LogP contribution >= 0.6 is 43.5 Å². The number of aromatic amines is 2. The van der Waals surface area contributed by atoms with Crippen molar-refractivity contribution < 1.29 is 18.9 Å². The summed E-state index contributed by atoms with van der Waals surface area (Å²) in [6, 6.07) is 30.8. The van der Waals surface area contributed by atoms with Crippen molar-refractivity contribution in [2.75, 3.05) is 23.7 Å². The number of pyridine rings is 3. The molecule has 11 aromatic rings. The molecule has 0 radical (unpaired) electrons. The minimum atomic E-state index is -0.441. The average molecular weight is 1490 g/mol. The molecule has 0 bridgehead atoms. The molecule has 8 aromatic heterocycles. The van der Waals surface area contributed by atoms with E-state index in [1.165, 1.54) is 4.57 Å². The number of hydrogen-bond acceptors (Lipinski definition) is 16. The van der Waals surface area contributed by atoms with Crippen LogP contribution in [0.15, 0.2) is 164 Å². The highest BCUT2D eigenvalue weighted by Gasteiger charge is 2.52. The molecule has 1 fully saturated rings. The first-order valence-corrected chi connectivity index (χ1v) is 33.7. The van der Waals surface area contributed by atoms with E-state index in [1.807, 2.05) is 145 Å². The molecule has 27 heteroatoms. The Balaban J connectivity index is 0.000000153. The summed E-state index contributed by atoms with van der Waals surface area (Å²) in [6.07, 6.45) is 11.4. The van der Waals surface area contributed by atoms with E-state index in [0.29, 0.717) is 85.9 Å². The highest BCUT2D eigenvalue weighted by molar-refractivity contribution is 9.11. The van der Waals surface area contributed by atoms with Gasteiger partial charge in [-0.1, -0.05) is 31.7 Å². The van der Waals surface area contributed by atoms with Gasteiger partial charge in [0.1, 0.15) is 0 Å². The van der Waals surface area contributed by atoms with Crippen LogP contribution in [0.5, 0.6) is 0 Å². The maximum atomic E-state index is 13.6. The number of H-pyrrole nitrogens is 2. The van der Waals surface area contributed by atoms with Crippen molar-refractivity contribution in [2.24, 2.45) is 5.73 Å². The maximum absolute atomic E-state index is 13.6. The van der Waals surface area contributed by atoms with Gasteiger partial charge in [0.05, 0.1) is 90.7 Å². The van der Waals surface area contributed by atoms with Crippen molar-refractivity contribution in [2.45, 2.75) is 138 Å². The molecule has 99 heavy (non-hydrogen) atoms. The van der Waals surface area contributed by atoms with Gasteiger partial charge in [-0.3, -0.25) is 38.9 Å². The molecule has 0 saturated carbocycles. The van der Waals surface area contributed by atoms with Gasteiger partial charge in [-0.05, 0) is 212 Å². The zero-order valence-corrected chi connectivity index (χ0v) is 60.7. The summed E-state index contributed by atoms with van der Waals surface area (Å²) < 4.78 is 17.9. The molecule has 11 heterocycles. The molecule has 3 aliphatic heterocycles. The minimum absolute atomic E-state index is 0. The first-order chi connectivity index (χ1) is 46.2. The lowest BCUT2D eigenvalue weighted by molar-refractivity contribution is 0.00578. The molecule has 0 unspecified atom stereocenters.